The van der Waals surface area contributed by atoms with Crippen LogP contribution in [-0.2, 0) is 0 Å². The molecule has 1 atom stereocenters. The van der Waals surface area contributed by atoms with E-state index in [9.17, 15) is 4.79 Å². The summed E-state index contributed by atoms with van der Waals surface area (Å²) in [6.07, 6.45) is 0. The van der Waals surface area contributed by atoms with E-state index in [4.69, 9.17) is 0 Å². The quantitative estimate of drug-likeness (QED) is 0.662. The standard InChI is InChI=1S/C8H17N3OS/c1-11(2)8(12)10-6-7-5-9-3-4-13-7/h7,9H,3-6H2,1-2H3,(H,10,12). The minimum Gasteiger partial charge on any atom is -0.337 e. The maximum absolute atomic E-state index is 11.2. The number of nitrogens with one attached hydrogen (secondary N) is 2. The van der Waals surface area contributed by atoms with Gasteiger partial charge in [-0.15, -0.1) is 0 Å². The van der Waals surface area contributed by atoms with Gasteiger partial charge in [-0.05, 0) is 0 Å². The van der Waals surface area contributed by atoms with Gasteiger partial charge in [0.25, 0.3) is 0 Å². The number of thioether (sulfide) groups is 1. The molecule has 1 aliphatic heterocycles. The smallest absolute Gasteiger partial charge is 0.316 e. The van der Waals surface area contributed by atoms with E-state index < -0.39 is 0 Å². The molecule has 1 fully saturated rings. The SMILES string of the molecule is CN(C)C(=O)NCC1CNCCS1. The van der Waals surface area contributed by atoms with Crippen LogP contribution in [0.25, 0.3) is 0 Å². The summed E-state index contributed by atoms with van der Waals surface area (Å²) in [4.78, 5) is 12.7. The maximum Gasteiger partial charge on any atom is 0.316 e. The highest BCUT2D eigenvalue weighted by Crippen LogP contribution is 2.11. The molecule has 4 nitrogen and oxygen atoms in total. The van der Waals surface area contributed by atoms with Crippen molar-refractivity contribution in [2.75, 3.05) is 39.5 Å². The fourth-order valence-electron chi connectivity index (χ4n) is 1.11. The molecule has 1 saturated heterocycles. The molecule has 5 heteroatoms. The van der Waals surface area contributed by atoms with Gasteiger partial charge in [-0.2, -0.15) is 11.8 Å². The predicted molar refractivity (Wildman–Crippen MR) is 56.2 cm³/mol. The Kier molecular flexibility index (Phi) is 4.38. The van der Waals surface area contributed by atoms with Crippen molar-refractivity contribution in [1.82, 2.24) is 15.5 Å². The molecule has 1 aliphatic rings. The number of carbonyl (C=O) groups excluding carboxylic acids is 1. The van der Waals surface area contributed by atoms with Gasteiger partial charge in [0.2, 0.25) is 0 Å². The molecule has 13 heavy (non-hydrogen) atoms. The normalized spacial score (nSPS) is 22.5. The van der Waals surface area contributed by atoms with E-state index in [-0.39, 0.29) is 6.03 Å². The first-order valence-corrected chi connectivity index (χ1v) is 5.52. The highest BCUT2D eigenvalue weighted by molar-refractivity contribution is 8.00. The third-order valence-electron chi connectivity index (χ3n) is 1.89. The van der Waals surface area contributed by atoms with Gasteiger partial charge in [-0.25, -0.2) is 4.79 Å². The summed E-state index contributed by atoms with van der Waals surface area (Å²) in [6.45, 7) is 2.84. The van der Waals surface area contributed by atoms with Crippen LogP contribution in [0.5, 0.6) is 0 Å². The average molecular weight is 203 g/mol. The number of carbonyl (C=O) groups is 1. The monoisotopic (exact) mass is 203 g/mol. The zero-order valence-electron chi connectivity index (χ0n) is 8.17. The second-order valence-electron chi connectivity index (χ2n) is 3.28. The molecule has 1 rings (SSSR count). The summed E-state index contributed by atoms with van der Waals surface area (Å²) < 4.78 is 0. The molecule has 76 valence electrons. The number of amides is 2. The number of hydrogen-bond donors (Lipinski definition) is 2. The molecule has 0 saturated carbocycles. The molecule has 0 radical (unpaired) electrons. The van der Waals surface area contributed by atoms with Crippen molar-refractivity contribution in [1.29, 1.82) is 0 Å². The van der Waals surface area contributed by atoms with Crippen LogP contribution >= 0.6 is 11.8 Å². The number of urea groups is 1. The Labute approximate surface area is 83.4 Å². The Morgan fingerprint density at radius 1 is 1.69 bits per heavy atom. The molecule has 0 bridgehead atoms. The molecule has 1 unspecified atom stereocenters. The van der Waals surface area contributed by atoms with E-state index in [0.717, 1.165) is 25.4 Å². The third-order valence-corrected chi connectivity index (χ3v) is 3.14. The van der Waals surface area contributed by atoms with Crippen LogP contribution in [0.2, 0.25) is 0 Å². The van der Waals surface area contributed by atoms with Crippen molar-refractivity contribution in [2.45, 2.75) is 5.25 Å². The Hall–Kier alpha value is -0.420. The van der Waals surface area contributed by atoms with Crippen molar-refractivity contribution >= 4 is 17.8 Å². The molecule has 0 aromatic rings. The molecule has 0 aromatic carbocycles. The van der Waals surface area contributed by atoms with Crippen LogP contribution in [0.1, 0.15) is 0 Å². The van der Waals surface area contributed by atoms with Crippen LogP contribution in [0.15, 0.2) is 0 Å². The van der Waals surface area contributed by atoms with Gasteiger partial charge in [0, 0.05) is 44.7 Å². The van der Waals surface area contributed by atoms with E-state index in [2.05, 4.69) is 10.6 Å². The Bertz CT molecular complexity index is 169. The second-order valence-corrected chi connectivity index (χ2v) is 4.69. The van der Waals surface area contributed by atoms with E-state index in [0.29, 0.717) is 5.25 Å². The molecular formula is C8H17N3OS. The van der Waals surface area contributed by atoms with E-state index in [1.807, 2.05) is 11.8 Å². The van der Waals surface area contributed by atoms with Crippen LogP contribution in [0.3, 0.4) is 0 Å². The lowest BCUT2D eigenvalue weighted by Gasteiger charge is -2.23. The van der Waals surface area contributed by atoms with Crippen LogP contribution in [0, 0.1) is 0 Å². The van der Waals surface area contributed by atoms with Gasteiger partial charge in [-0.3, -0.25) is 0 Å². The van der Waals surface area contributed by atoms with Gasteiger partial charge in [0.1, 0.15) is 0 Å². The molecule has 1 heterocycles. The zero-order valence-corrected chi connectivity index (χ0v) is 8.99. The van der Waals surface area contributed by atoms with Crippen molar-refractivity contribution in [2.24, 2.45) is 0 Å². The fourth-order valence-corrected chi connectivity index (χ4v) is 2.14. The van der Waals surface area contributed by atoms with Crippen LogP contribution in [-0.4, -0.2) is 55.7 Å². The molecule has 0 spiro atoms. The summed E-state index contributed by atoms with van der Waals surface area (Å²) in [7, 11) is 3.50. The summed E-state index contributed by atoms with van der Waals surface area (Å²) in [5.41, 5.74) is 0. The van der Waals surface area contributed by atoms with Crippen molar-refractivity contribution in [3.63, 3.8) is 0 Å². The minimum atomic E-state index is -0.00817. The largest absolute Gasteiger partial charge is 0.337 e. The van der Waals surface area contributed by atoms with E-state index in [1.165, 1.54) is 0 Å². The highest BCUT2D eigenvalue weighted by atomic mass is 32.2. The zero-order chi connectivity index (χ0) is 9.68. The van der Waals surface area contributed by atoms with Crippen molar-refractivity contribution in [3.8, 4) is 0 Å². The first-order chi connectivity index (χ1) is 6.20. The van der Waals surface area contributed by atoms with Gasteiger partial charge in [-0.1, -0.05) is 0 Å². The topological polar surface area (TPSA) is 44.4 Å². The van der Waals surface area contributed by atoms with Crippen LogP contribution in [0.4, 0.5) is 4.79 Å². The summed E-state index contributed by atoms with van der Waals surface area (Å²) >= 11 is 1.92. The fraction of sp³-hybridized carbons (Fsp3) is 0.875. The van der Waals surface area contributed by atoms with Gasteiger partial charge < -0.3 is 15.5 Å². The number of nitrogens with zero attached hydrogens (tertiary/aromatic N) is 1. The van der Waals surface area contributed by atoms with Crippen LogP contribution < -0.4 is 10.6 Å². The predicted octanol–water partition coefficient (Wildman–Crippen LogP) is -0.0374. The second kappa shape index (κ2) is 5.34. The Morgan fingerprint density at radius 2 is 2.46 bits per heavy atom. The molecular weight excluding hydrogens is 186 g/mol. The van der Waals surface area contributed by atoms with E-state index >= 15 is 0 Å². The lowest BCUT2D eigenvalue weighted by Crippen LogP contribution is -2.43. The third kappa shape index (κ3) is 3.87. The summed E-state index contributed by atoms with van der Waals surface area (Å²) in [6, 6.07) is -0.00817. The first kappa shape index (κ1) is 10.7. The molecule has 2 amide bonds. The van der Waals surface area contributed by atoms with Gasteiger partial charge in [0.05, 0.1) is 0 Å². The lowest BCUT2D eigenvalue weighted by atomic mass is 10.4. The van der Waals surface area contributed by atoms with E-state index in [1.54, 1.807) is 19.0 Å². The molecule has 2 N–H and O–H groups in total. The lowest BCUT2D eigenvalue weighted by molar-refractivity contribution is 0.217. The van der Waals surface area contributed by atoms with Crippen molar-refractivity contribution < 1.29 is 4.79 Å². The average Bonchev–Trinajstić information content (AvgIpc) is 2.15. The summed E-state index contributed by atoms with van der Waals surface area (Å²) in [5.74, 6) is 1.14. The Morgan fingerprint density at radius 3 is 3.00 bits per heavy atom. The highest BCUT2D eigenvalue weighted by Gasteiger charge is 2.14. The first-order valence-electron chi connectivity index (χ1n) is 4.47. The maximum atomic E-state index is 11.2. The molecule has 0 aromatic heterocycles. The number of rotatable bonds is 2. The summed E-state index contributed by atoms with van der Waals surface area (Å²) in [5, 5.41) is 6.71. The minimum absolute atomic E-state index is 0.00817. The Balaban J connectivity index is 2.13. The van der Waals surface area contributed by atoms with Gasteiger partial charge in [0.15, 0.2) is 0 Å². The molecule has 0 aliphatic carbocycles. The van der Waals surface area contributed by atoms with Gasteiger partial charge >= 0.3 is 6.03 Å². The van der Waals surface area contributed by atoms with Crippen molar-refractivity contribution in [3.05, 3.63) is 0 Å². The number of hydrogen-bond acceptors (Lipinski definition) is 3.